The number of methoxy groups -OCH3 is 1. The van der Waals surface area contributed by atoms with Crippen LogP contribution in [0.2, 0.25) is 0 Å². The van der Waals surface area contributed by atoms with Crippen LogP contribution in [0.25, 0.3) is 0 Å². The number of ketones is 1. The van der Waals surface area contributed by atoms with E-state index in [2.05, 4.69) is 5.10 Å². The van der Waals surface area contributed by atoms with Crippen LogP contribution in [0.5, 0.6) is 5.75 Å². The van der Waals surface area contributed by atoms with Gasteiger partial charge in [-0.3, -0.25) is 19.9 Å². The summed E-state index contributed by atoms with van der Waals surface area (Å²) in [5.41, 5.74) is 3.82. The molecule has 35 heavy (non-hydrogen) atoms. The topological polar surface area (TPSA) is 88.3 Å². The molecule has 2 aliphatic heterocycles. The van der Waals surface area contributed by atoms with Crippen molar-refractivity contribution in [1.82, 2.24) is 5.01 Å². The predicted molar refractivity (Wildman–Crippen MR) is 134 cm³/mol. The van der Waals surface area contributed by atoms with Crippen molar-refractivity contribution in [2.24, 2.45) is 5.10 Å². The lowest BCUT2D eigenvalue weighted by Gasteiger charge is -2.30. The molecule has 5 rings (SSSR count). The maximum atomic E-state index is 14.0. The highest BCUT2D eigenvalue weighted by Gasteiger charge is 2.60. The van der Waals surface area contributed by atoms with Gasteiger partial charge in [0.2, 0.25) is 6.04 Å². The second-order valence-electron chi connectivity index (χ2n) is 9.02. The van der Waals surface area contributed by atoms with Crippen LogP contribution < -0.4 is 9.64 Å². The number of rotatable bonds is 6. The lowest BCUT2D eigenvalue weighted by molar-refractivity contribution is -0.529. The SMILES string of the molecule is COc1ccc(C(=O)[C@H]2[C@H](c3ccc(N(C)C)cc3)[C@@H]([N+](=O)[O-])C3c4ccccc4C=NN32)cc1. The Balaban J connectivity index is 1.66. The Labute approximate surface area is 203 Å². The van der Waals surface area contributed by atoms with Crippen LogP contribution in [0.3, 0.4) is 0 Å². The summed E-state index contributed by atoms with van der Waals surface area (Å²) in [7, 11) is 5.44. The summed E-state index contributed by atoms with van der Waals surface area (Å²) >= 11 is 0. The summed E-state index contributed by atoms with van der Waals surface area (Å²) in [6, 6.07) is 19.5. The Bertz CT molecular complexity index is 1290. The Morgan fingerprint density at radius 2 is 1.71 bits per heavy atom. The van der Waals surface area contributed by atoms with Gasteiger partial charge in [-0.25, -0.2) is 0 Å². The van der Waals surface area contributed by atoms with Crippen molar-refractivity contribution in [2.75, 3.05) is 26.1 Å². The molecule has 178 valence electrons. The number of nitrogens with zero attached hydrogens (tertiary/aromatic N) is 4. The average molecular weight is 471 g/mol. The van der Waals surface area contributed by atoms with Crippen molar-refractivity contribution >= 4 is 17.7 Å². The number of hydrazone groups is 1. The molecule has 4 atom stereocenters. The number of Topliss-reactive ketones (excluding diaryl/α,β-unsaturated/α-hetero) is 1. The van der Waals surface area contributed by atoms with Gasteiger partial charge in [0.1, 0.15) is 17.8 Å². The van der Waals surface area contributed by atoms with Crippen LogP contribution in [-0.2, 0) is 0 Å². The fraction of sp³-hybridized carbons (Fsp3) is 0.259. The van der Waals surface area contributed by atoms with Gasteiger partial charge >= 0.3 is 0 Å². The molecule has 1 saturated heterocycles. The highest BCUT2D eigenvalue weighted by atomic mass is 16.6. The smallest absolute Gasteiger partial charge is 0.248 e. The number of anilines is 1. The largest absolute Gasteiger partial charge is 0.497 e. The third-order valence-electron chi connectivity index (χ3n) is 6.93. The van der Waals surface area contributed by atoms with Gasteiger partial charge < -0.3 is 9.64 Å². The van der Waals surface area contributed by atoms with Crippen molar-refractivity contribution in [3.8, 4) is 5.75 Å². The molecule has 0 saturated carbocycles. The summed E-state index contributed by atoms with van der Waals surface area (Å²) in [5, 5.41) is 18.8. The molecule has 0 bridgehead atoms. The van der Waals surface area contributed by atoms with Crippen molar-refractivity contribution in [3.05, 3.63) is 105 Å². The summed E-state index contributed by atoms with van der Waals surface area (Å²) in [6.07, 6.45) is 1.69. The van der Waals surface area contributed by atoms with E-state index in [1.807, 2.05) is 67.5 Å². The maximum Gasteiger partial charge on any atom is 0.248 e. The van der Waals surface area contributed by atoms with Crippen LogP contribution in [0.15, 0.2) is 77.9 Å². The molecule has 0 spiro atoms. The molecule has 0 amide bonds. The fourth-order valence-corrected chi connectivity index (χ4v) is 5.20. The minimum atomic E-state index is -1.05. The van der Waals surface area contributed by atoms with Crippen molar-refractivity contribution in [3.63, 3.8) is 0 Å². The maximum absolute atomic E-state index is 14.0. The molecule has 8 nitrogen and oxygen atoms in total. The third kappa shape index (κ3) is 3.80. The van der Waals surface area contributed by atoms with Crippen LogP contribution in [-0.4, -0.2) is 55.2 Å². The van der Waals surface area contributed by atoms with E-state index in [0.29, 0.717) is 11.3 Å². The molecule has 8 heteroatoms. The van der Waals surface area contributed by atoms with Crippen molar-refractivity contribution in [2.45, 2.75) is 24.0 Å². The number of ether oxygens (including phenoxy) is 1. The highest BCUT2D eigenvalue weighted by Crippen LogP contribution is 2.49. The number of hydrogen-bond acceptors (Lipinski definition) is 7. The van der Waals surface area contributed by atoms with Gasteiger partial charge in [-0.1, -0.05) is 36.4 Å². The van der Waals surface area contributed by atoms with Crippen molar-refractivity contribution in [1.29, 1.82) is 0 Å². The molecule has 3 aromatic rings. The second-order valence-corrected chi connectivity index (χ2v) is 9.02. The highest BCUT2D eigenvalue weighted by molar-refractivity contribution is 6.01. The fourth-order valence-electron chi connectivity index (χ4n) is 5.20. The first-order valence-electron chi connectivity index (χ1n) is 11.4. The first-order valence-corrected chi connectivity index (χ1v) is 11.4. The predicted octanol–water partition coefficient (Wildman–Crippen LogP) is 4.15. The minimum Gasteiger partial charge on any atom is -0.497 e. The van der Waals surface area contributed by atoms with E-state index < -0.39 is 24.0 Å². The Morgan fingerprint density at radius 3 is 2.34 bits per heavy atom. The van der Waals surface area contributed by atoms with Gasteiger partial charge in [0.05, 0.1) is 19.2 Å². The average Bonchev–Trinajstić information content (AvgIpc) is 3.24. The summed E-state index contributed by atoms with van der Waals surface area (Å²) < 4.78 is 5.23. The molecule has 0 radical (unpaired) electrons. The van der Waals surface area contributed by atoms with Crippen LogP contribution in [0.4, 0.5) is 5.69 Å². The quantitative estimate of drug-likeness (QED) is 0.306. The van der Waals surface area contributed by atoms with E-state index in [1.54, 1.807) is 42.6 Å². The number of carbonyl (C=O) groups is 1. The van der Waals surface area contributed by atoms with Gasteiger partial charge in [-0.15, -0.1) is 0 Å². The number of carbonyl (C=O) groups excluding carboxylic acids is 1. The van der Waals surface area contributed by atoms with E-state index in [-0.39, 0.29) is 10.7 Å². The molecule has 3 aromatic carbocycles. The second kappa shape index (κ2) is 8.87. The van der Waals surface area contributed by atoms with Gasteiger partial charge in [0.25, 0.3) is 0 Å². The summed E-state index contributed by atoms with van der Waals surface area (Å²) in [6.45, 7) is 0. The van der Waals surface area contributed by atoms with Gasteiger partial charge in [-0.2, -0.15) is 5.10 Å². The Hall–Kier alpha value is -4.20. The Kier molecular flexibility index (Phi) is 5.72. The third-order valence-corrected chi connectivity index (χ3v) is 6.93. The molecule has 2 heterocycles. The molecule has 0 aliphatic carbocycles. The number of nitro groups is 1. The Morgan fingerprint density at radius 1 is 1.03 bits per heavy atom. The molecular weight excluding hydrogens is 444 g/mol. The first kappa shape index (κ1) is 22.6. The molecule has 0 N–H and O–H groups in total. The van der Waals surface area contributed by atoms with Crippen molar-refractivity contribution < 1.29 is 14.5 Å². The van der Waals surface area contributed by atoms with E-state index >= 15 is 0 Å². The monoisotopic (exact) mass is 470 g/mol. The lowest BCUT2D eigenvalue weighted by Crippen LogP contribution is -2.38. The van der Waals surface area contributed by atoms with Crippen LogP contribution in [0.1, 0.15) is 39.0 Å². The zero-order valence-electron chi connectivity index (χ0n) is 19.7. The molecule has 1 fully saturated rings. The van der Waals surface area contributed by atoms with E-state index in [9.17, 15) is 14.9 Å². The van der Waals surface area contributed by atoms with Crippen LogP contribution >= 0.6 is 0 Å². The summed E-state index contributed by atoms with van der Waals surface area (Å²) in [4.78, 5) is 28.3. The lowest BCUT2D eigenvalue weighted by atomic mass is 9.82. The molecule has 2 aliphatic rings. The van der Waals surface area contributed by atoms with E-state index in [4.69, 9.17) is 4.74 Å². The number of hydrogen-bond donors (Lipinski definition) is 0. The standard InChI is InChI=1S/C27H26N4O4/c1-29(2)20-12-8-17(9-13-20)23-25(31(33)34)24-22-7-5-4-6-19(22)16-28-30(24)26(23)27(32)18-10-14-21(35-3)15-11-18/h4-16,23-26H,1-3H3/t23-,24?,25-,26-/m1/s1. The molecular formula is C27H26N4O4. The normalized spacial score (nSPS) is 22.3. The van der Waals surface area contributed by atoms with Gasteiger partial charge in [0.15, 0.2) is 5.78 Å². The molecule has 1 unspecified atom stereocenters. The van der Waals surface area contributed by atoms with Crippen LogP contribution in [0, 0.1) is 10.1 Å². The number of fused-ring (bicyclic) bond motifs is 3. The zero-order chi connectivity index (χ0) is 24.7. The van der Waals surface area contributed by atoms with E-state index in [1.165, 1.54) is 0 Å². The first-order chi connectivity index (χ1) is 16.9. The van der Waals surface area contributed by atoms with Gasteiger partial charge in [-0.05, 0) is 47.5 Å². The zero-order valence-corrected chi connectivity index (χ0v) is 19.7. The minimum absolute atomic E-state index is 0.208. The summed E-state index contributed by atoms with van der Waals surface area (Å²) in [5.74, 6) is -0.265. The number of benzene rings is 3. The molecule has 0 aromatic heterocycles. The van der Waals surface area contributed by atoms with E-state index in [0.717, 1.165) is 22.4 Å². The van der Waals surface area contributed by atoms with Gasteiger partial charge in [0, 0.05) is 35.8 Å².